The standard InChI is InChI=1S/C22H22ClN3O3S/c1-26(11-15-9-10-17(29-15)13-5-7-14(23)8-6-13)12-19(27)25-22-20(21(24)28)16-3-2-4-18(16)30-22/h5-10H,2-4,11-12H2,1H3,(H2,24,28)(H,25,27). The molecule has 0 radical (unpaired) electrons. The van der Waals surface area contributed by atoms with Crippen molar-refractivity contribution in [2.75, 3.05) is 18.9 Å². The largest absolute Gasteiger partial charge is 0.460 e. The monoisotopic (exact) mass is 443 g/mol. The summed E-state index contributed by atoms with van der Waals surface area (Å²) in [5.74, 6) is 0.828. The minimum absolute atomic E-state index is 0.164. The van der Waals surface area contributed by atoms with Crippen molar-refractivity contribution in [1.82, 2.24) is 4.90 Å². The van der Waals surface area contributed by atoms with Crippen molar-refractivity contribution in [2.45, 2.75) is 25.8 Å². The Balaban J connectivity index is 1.37. The van der Waals surface area contributed by atoms with Gasteiger partial charge in [-0.05, 0) is 68.3 Å². The zero-order valence-electron chi connectivity index (χ0n) is 16.5. The van der Waals surface area contributed by atoms with Crippen molar-refractivity contribution in [1.29, 1.82) is 0 Å². The number of carbonyl (C=O) groups is 2. The third-order valence-electron chi connectivity index (χ3n) is 5.05. The van der Waals surface area contributed by atoms with Crippen LogP contribution in [-0.4, -0.2) is 30.3 Å². The fourth-order valence-corrected chi connectivity index (χ4v) is 5.16. The maximum absolute atomic E-state index is 12.5. The van der Waals surface area contributed by atoms with Crippen LogP contribution in [0.3, 0.4) is 0 Å². The topological polar surface area (TPSA) is 88.6 Å². The Morgan fingerprint density at radius 3 is 2.70 bits per heavy atom. The van der Waals surface area contributed by atoms with E-state index >= 15 is 0 Å². The first kappa shape index (κ1) is 20.7. The lowest BCUT2D eigenvalue weighted by Gasteiger charge is -2.15. The minimum atomic E-state index is -0.483. The molecule has 0 spiro atoms. The van der Waals surface area contributed by atoms with E-state index in [4.69, 9.17) is 21.8 Å². The van der Waals surface area contributed by atoms with E-state index in [9.17, 15) is 9.59 Å². The number of benzene rings is 1. The molecule has 1 aromatic carbocycles. The second kappa shape index (κ2) is 8.63. The number of nitrogens with one attached hydrogen (secondary N) is 1. The average molecular weight is 444 g/mol. The summed E-state index contributed by atoms with van der Waals surface area (Å²) in [4.78, 5) is 27.4. The van der Waals surface area contributed by atoms with Gasteiger partial charge in [-0.3, -0.25) is 14.5 Å². The molecule has 30 heavy (non-hydrogen) atoms. The van der Waals surface area contributed by atoms with Crippen molar-refractivity contribution in [3.05, 3.63) is 63.2 Å². The lowest BCUT2D eigenvalue weighted by atomic mass is 10.1. The van der Waals surface area contributed by atoms with E-state index in [2.05, 4.69) is 5.32 Å². The van der Waals surface area contributed by atoms with Crippen LogP contribution in [0.25, 0.3) is 11.3 Å². The van der Waals surface area contributed by atoms with Crippen LogP contribution < -0.4 is 11.1 Å². The summed E-state index contributed by atoms with van der Waals surface area (Å²) in [6, 6.07) is 11.2. The molecule has 0 atom stereocenters. The van der Waals surface area contributed by atoms with Crippen LogP contribution in [0.4, 0.5) is 5.00 Å². The van der Waals surface area contributed by atoms with Gasteiger partial charge in [0.05, 0.1) is 18.7 Å². The molecule has 1 aliphatic carbocycles. The first-order chi connectivity index (χ1) is 14.4. The fraction of sp³-hybridized carbons (Fsp3) is 0.273. The van der Waals surface area contributed by atoms with Gasteiger partial charge in [-0.1, -0.05) is 11.6 Å². The fourth-order valence-electron chi connectivity index (χ4n) is 3.72. The Morgan fingerprint density at radius 2 is 1.97 bits per heavy atom. The molecule has 6 nitrogen and oxygen atoms in total. The average Bonchev–Trinajstić information content (AvgIpc) is 3.38. The highest BCUT2D eigenvalue weighted by atomic mass is 35.5. The molecular formula is C22H22ClN3O3S. The Kier molecular flexibility index (Phi) is 5.94. The Hall–Kier alpha value is -2.61. The molecule has 2 aromatic heterocycles. The molecule has 2 heterocycles. The number of nitrogens with two attached hydrogens (primary N) is 1. The Morgan fingerprint density at radius 1 is 1.20 bits per heavy atom. The van der Waals surface area contributed by atoms with Gasteiger partial charge in [0.1, 0.15) is 16.5 Å². The third-order valence-corrected chi connectivity index (χ3v) is 6.51. The van der Waals surface area contributed by atoms with Gasteiger partial charge >= 0.3 is 0 Å². The molecule has 0 unspecified atom stereocenters. The summed E-state index contributed by atoms with van der Waals surface area (Å²) in [6.07, 6.45) is 2.80. The highest BCUT2D eigenvalue weighted by molar-refractivity contribution is 7.17. The highest BCUT2D eigenvalue weighted by Crippen LogP contribution is 2.38. The number of hydrogen-bond acceptors (Lipinski definition) is 5. The summed E-state index contributed by atoms with van der Waals surface area (Å²) in [7, 11) is 1.84. The maximum atomic E-state index is 12.5. The second-order valence-corrected chi connectivity index (χ2v) is 8.96. The molecule has 0 bridgehead atoms. The van der Waals surface area contributed by atoms with E-state index in [1.165, 1.54) is 11.3 Å². The molecule has 0 saturated carbocycles. The van der Waals surface area contributed by atoms with Crippen molar-refractivity contribution in [3.63, 3.8) is 0 Å². The van der Waals surface area contributed by atoms with Gasteiger partial charge in [0.2, 0.25) is 5.91 Å². The molecule has 0 aliphatic heterocycles. The van der Waals surface area contributed by atoms with Crippen molar-refractivity contribution in [3.8, 4) is 11.3 Å². The van der Waals surface area contributed by atoms with Crippen molar-refractivity contribution < 1.29 is 14.0 Å². The zero-order valence-corrected chi connectivity index (χ0v) is 18.1. The van der Waals surface area contributed by atoms with E-state index in [1.807, 2.05) is 48.3 Å². The van der Waals surface area contributed by atoms with Crippen molar-refractivity contribution in [2.24, 2.45) is 5.73 Å². The maximum Gasteiger partial charge on any atom is 0.251 e. The van der Waals surface area contributed by atoms with Crippen LogP contribution >= 0.6 is 22.9 Å². The lowest BCUT2D eigenvalue weighted by Crippen LogP contribution is -2.30. The summed E-state index contributed by atoms with van der Waals surface area (Å²) < 4.78 is 5.90. The van der Waals surface area contributed by atoms with Gasteiger partial charge in [-0.25, -0.2) is 0 Å². The van der Waals surface area contributed by atoms with Gasteiger partial charge in [0.25, 0.3) is 5.91 Å². The van der Waals surface area contributed by atoms with Gasteiger partial charge in [0.15, 0.2) is 0 Å². The molecule has 2 amide bonds. The number of thiophene rings is 1. The number of nitrogens with zero attached hydrogens (tertiary/aromatic N) is 1. The molecule has 3 N–H and O–H groups in total. The number of fused-ring (bicyclic) bond motifs is 1. The summed E-state index contributed by atoms with van der Waals surface area (Å²) in [6.45, 7) is 0.641. The van der Waals surface area contributed by atoms with E-state index in [0.29, 0.717) is 22.1 Å². The summed E-state index contributed by atoms with van der Waals surface area (Å²) in [5, 5.41) is 4.10. The quantitative estimate of drug-likeness (QED) is 0.569. The number of furan rings is 1. The zero-order chi connectivity index (χ0) is 21.3. The van der Waals surface area contributed by atoms with Crippen LogP contribution in [-0.2, 0) is 24.2 Å². The minimum Gasteiger partial charge on any atom is -0.460 e. The number of aryl methyl sites for hydroxylation is 1. The molecule has 0 saturated heterocycles. The normalized spacial score (nSPS) is 12.9. The predicted octanol–water partition coefficient (Wildman–Crippen LogP) is 4.32. The third kappa shape index (κ3) is 4.43. The molecule has 3 aromatic rings. The first-order valence-electron chi connectivity index (χ1n) is 9.68. The second-order valence-electron chi connectivity index (χ2n) is 7.42. The summed E-state index contributed by atoms with van der Waals surface area (Å²) in [5.41, 5.74) is 7.97. The van der Waals surface area contributed by atoms with Gasteiger partial charge in [-0.2, -0.15) is 0 Å². The molecule has 8 heteroatoms. The SMILES string of the molecule is CN(CC(=O)Nc1sc2c(c1C(N)=O)CCC2)Cc1ccc(-c2ccc(Cl)cc2)o1. The predicted molar refractivity (Wildman–Crippen MR) is 119 cm³/mol. The number of carbonyl (C=O) groups excluding carboxylic acids is 2. The van der Waals surface area contributed by atoms with Crippen molar-refractivity contribution >= 4 is 39.8 Å². The van der Waals surface area contributed by atoms with Crippen LogP contribution in [0.5, 0.6) is 0 Å². The number of anilines is 1. The molecule has 0 fully saturated rings. The highest BCUT2D eigenvalue weighted by Gasteiger charge is 2.26. The van der Waals surface area contributed by atoms with Crippen LogP contribution in [0.2, 0.25) is 5.02 Å². The van der Waals surface area contributed by atoms with Gasteiger partial charge in [-0.15, -0.1) is 11.3 Å². The van der Waals surface area contributed by atoms with E-state index in [1.54, 1.807) is 0 Å². The van der Waals surface area contributed by atoms with Gasteiger partial charge in [0, 0.05) is 15.5 Å². The van der Waals surface area contributed by atoms with E-state index in [-0.39, 0.29) is 12.5 Å². The smallest absolute Gasteiger partial charge is 0.251 e. The number of likely N-dealkylation sites (N-methyl/N-ethyl adjacent to an activating group) is 1. The Bertz CT molecular complexity index is 1090. The number of rotatable bonds is 7. The first-order valence-corrected chi connectivity index (χ1v) is 10.9. The number of hydrogen-bond donors (Lipinski definition) is 2. The van der Waals surface area contributed by atoms with Gasteiger partial charge < -0.3 is 15.5 Å². The number of primary amides is 1. The molecular weight excluding hydrogens is 422 g/mol. The number of halogens is 1. The van der Waals surface area contributed by atoms with Crippen LogP contribution in [0.1, 0.15) is 33.0 Å². The summed E-state index contributed by atoms with van der Waals surface area (Å²) >= 11 is 7.39. The molecule has 156 valence electrons. The van der Waals surface area contributed by atoms with E-state index in [0.717, 1.165) is 46.8 Å². The Labute approximate surface area is 183 Å². The molecule has 1 aliphatic rings. The molecule has 4 rings (SSSR count). The lowest BCUT2D eigenvalue weighted by molar-refractivity contribution is -0.117. The van der Waals surface area contributed by atoms with Crippen LogP contribution in [0.15, 0.2) is 40.8 Å². The number of amides is 2. The van der Waals surface area contributed by atoms with E-state index < -0.39 is 5.91 Å². The van der Waals surface area contributed by atoms with Crippen LogP contribution in [0, 0.1) is 0 Å².